The Kier molecular flexibility index (Phi) is 10.2. The average Bonchev–Trinajstić information content (AvgIpc) is 3.48. The third-order valence-electron chi connectivity index (χ3n) is 7.99. The molecule has 0 bridgehead atoms. The molecule has 2 atom stereocenters. The number of hydrogen-bond donors (Lipinski definition) is 2. The van der Waals surface area contributed by atoms with Gasteiger partial charge in [-0.3, -0.25) is 9.59 Å². The highest BCUT2D eigenvalue weighted by atomic mass is 32.2. The SMILES string of the molecule is CCN(C(=O)Cc1ccc(S(C)(=O)=O)cc1)C1CCN(CCC(NC(=O)C2CCCN2)c2ccccc2)CC1. The predicted octanol–water partition coefficient (Wildman–Crippen LogP) is 2.95. The molecule has 2 saturated heterocycles. The van der Waals surface area contributed by atoms with Gasteiger partial charge in [-0.2, -0.15) is 0 Å². The molecule has 0 saturated carbocycles. The normalized spacial score (nSPS) is 19.5. The van der Waals surface area contributed by atoms with E-state index >= 15 is 0 Å². The van der Waals surface area contributed by atoms with Crippen molar-refractivity contribution < 1.29 is 18.0 Å². The van der Waals surface area contributed by atoms with Gasteiger partial charge in [-0.15, -0.1) is 0 Å². The quantitative estimate of drug-likeness (QED) is 0.443. The molecule has 2 unspecified atom stereocenters. The maximum Gasteiger partial charge on any atom is 0.237 e. The summed E-state index contributed by atoms with van der Waals surface area (Å²) in [7, 11) is -3.25. The van der Waals surface area contributed by atoms with Gasteiger partial charge in [0.25, 0.3) is 0 Å². The first-order valence-corrected chi connectivity index (χ1v) is 16.0. The lowest BCUT2D eigenvalue weighted by Gasteiger charge is -2.38. The van der Waals surface area contributed by atoms with E-state index in [4.69, 9.17) is 0 Å². The second-order valence-electron chi connectivity index (χ2n) is 10.8. The molecule has 0 aromatic heterocycles. The minimum Gasteiger partial charge on any atom is -0.348 e. The Balaban J connectivity index is 1.28. The number of likely N-dealkylation sites (tertiary alicyclic amines) is 1. The fourth-order valence-corrected chi connectivity index (χ4v) is 6.35. The van der Waals surface area contributed by atoms with Gasteiger partial charge in [-0.05, 0) is 68.8 Å². The molecule has 2 N–H and O–H groups in total. The van der Waals surface area contributed by atoms with E-state index in [9.17, 15) is 18.0 Å². The molecule has 0 spiro atoms. The molecule has 8 nitrogen and oxygen atoms in total. The maximum absolute atomic E-state index is 13.1. The highest BCUT2D eigenvalue weighted by Gasteiger charge is 2.28. The molecule has 2 amide bonds. The smallest absolute Gasteiger partial charge is 0.237 e. The van der Waals surface area contributed by atoms with E-state index < -0.39 is 9.84 Å². The van der Waals surface area contributed by atoms with Gasteiger partial charge in [-0.1, -0.05) is 42.5 Å². The Morgan fingerprint density at radius 3 is 2.33 bits per heavy atom. The summed E-state index contributed by atoms with van der Waals surface area (Å²) in [5.41, 5.74) is 1.95. The second kappa shape index (κ2) is 13.5. The minimum absolute atomic E-state index is 0.0263. The summed E-state index contributed by atoms with van der Waals surface area (Å²) in [6.07, 6.45) is 6.06. The Bertz CT molecular complexity index is 1190. The molecule has 39 heavy (non-hydrogen) atoms. The van der Waals surface area contributed by atoms with Crippen LogP contribution >= 0.6 is 0 Å². The zero-order valence-electron chi connectivity index (χ0n) is 23.1. The number of piperidine rings is 1. The van der Waals surface area contributed by atoms with Crippen LogP contribution in [-0.2, 0) is 25.8 Å². The number of benzene rings is 2. The molecule has 2 aliphatic heterocycles. The van der Waals surface area contributed by atoms with Gasteiger partial charge >= 0.3 is 0 Å². The van der Waals surface area contributed by atoms with Crippen molar-refractivity contribution in [3.05, 3.63) is 65.7 Å². The van der Waals surface area contributed by atoms with Crippen molar-refractivity contribution in [3.8, 4) is 0 Å². The Labute approximate surface area is 233 Å². The molecule has 2 aliphatic rings. The fourth-order valence-electron chi connectivity index (χ4n) is 5.72. The van der Waals surface area contributed by atoms with Crippen LogP contribution in [0.4, 0.5) is 0 Å². The largest absolute Gasteiger partial charge is 0.348 e. The van der Waals surface area contributed by atoms with Crippen molar-refractivity contribution in [2.75, 3.05) is 39.0 Å². The van der Waals surface area contributed by atoms with Crippen LogP contribution in [0.1, 0.15) is 56.2 Å². The van der Waals surface area contributed by atoms with Crippen molar-refractivity contribution >= 4 is 21.7 Å². The number of carbonyl (C=O) groups excluding carboxylic acids is 2. The molecule has 0 aliphatic carbocycles. The van der Waals surface area contributed by atoms with Crippen molar-refractivity contribution in [1.29, 1.82) is 0 Å². The molecular weight excluding hydrogens is 512 g/mol. The number of sulfone groups is 1. The Hall–Kier alpha value is -2.75. The first-order valence-electron chi connectivity index (χ1n) is 14.1. The van der Waals surface area contributed by atoms with Gasteiger partial charge in [-0.25, -0.2) is 8.42 Å². The van der Waals surface area contributed by atoms with Gasteiger partial charge in [0.2, 0.25) is 11.8 Å². The zero-order chi connectivity index (χ0) is 27.8. The molecule has 9 heteroatoms. The van der Waals surface area contributed by atoms with Crippen molar-refractivity contribution in [2.24, 2.45) is 0 Å². The lowest BCUT2D eigenvalue weighted by molar-refractivity contribution is -0.133. The number of hydrogen-bond acceptors (Lipinski definition) is 6. The fraction of sp³-hybridized carbons (Fsp3) is 0.533. The second-order valence-corrected chi connectivity index (χ2v) is 12.8. The van der Waals surface area contributed by atoms with Gasteiger partial charge in [0.15, 0.2) is 9.84 Å². The third-order valence-corrected chi connectivity index (χ3v) is 9.12. The number of carbonyl (C=O) groups is 2. The Morgan fingerprint density at radius 2 is 1.74 bits per heavy atom. The lowest BCUT2D eigenvalue weighted by atomic mass is 9.99. The average molecular weight is 555 g/mol. The van der Waals surface area contributed by atoms with E-state index in [2.05, 4.69) is 27.7 Å². The molecule has 2 heterocycles. The van der Waals surface area contributed by atoms with E-state index in [0.717, 1.165) is 69.4 Å². The minimum atomic E-state index is -3.25. The number of amides is 2. The highest BCUT2D eigenvalue weighted by Crippen LogP contribution is 2.22. The molecule has 2 fully saturated rings. The monoisotopic (exact) mass is 554 g/mol. The lowest BCUT2D eigenvalue weighted by Crippen LogP contribution is -2.48. The maximum atomic E-state index is 13.1. The summed E-state index contributed by atoms with van der Waals surface area (Å²) >= 11 is 0. The van der Waals surface area contributed by atoms with Crippen LogP contribution in [0.15, 0.2) is 59.5 Å². The van der Waals surface area contributed by atoms with Crippen LogP contribution < -0.4 is 10.6 Å². The van der Waals surface area contributed by atoms with E-state index in [-0.39, 0.29) is 41.3 Å². The topological polar surface area (TPSA) is 98.8 Å². The summed E-state index contributed by atoms with van der Waals surface area (Å²) in [6.45, 7) is 6.28. The van der Waals surface area contributed by atoms with Crippen LogP contribution in [0.25, 0.3) is 0 Å². The third kappa shape index (κ3) is 8.13. The number of likely N-dealkylation sites (N-methyl/N-ethyl adjacent to an activating group) is 1. The first-order chi connectivity index (χ1) is 18.7. The van der Waals surface area contributed by atoms with Gasteiger partial charge in [0, 0.05) is 38.5 Å². The highest BCUT2D eigenvalue weighted by molar-refractivity contribution is 7.90. The number of rotatable bonds is 11. The molecule has 2 aromatic rings. The van der Waals surface area contributed by atoms with Gasteiger partial charge < -0.3 is 20.4 Å². The molecule has 2 aromatic carbocycles. The van der Waals surface area contributed by atoms with Crippen LogP contribution in [0.5, 0.6) is 0 Å². The molecule has 212 valence electrons. The van der Waals surface area contributed by atoms with E-state index in [1.165, 1.54) is 6.26 Å². The summed E-state index contributed by atoms with van der Waals surface area (Å²) in [4.78, 5) is 30.7. The summed E-state index contributed by atoms with van der Waals surface area (Å²) in [6, 6.07) is 16.9. The number of nitrogens with one attached hydrogen (secondary N) is 2. The predicted molar refractivity (Wildman–Crippen MR) is 153 cm³/mol. The van der Waals surface area contributed by atoms with E-state index in [0.29, 0.717) is 6.54 Å². The number of nitrogens with zero attached hydrogens (tertiary/aromatic N) is 2. The van der Waals surface area contributed by atoms with Gasteiger partial charge in [0.1, 0.15) is 0 Å². The molecular formula is C30H42N4O4S. The molecule has 0 radical (unpaired) electrons. The standard InChI is InChI=1S/C30H42N4O4S/c1-3-34(29(35)22-23-11-13-26(14-12-23)39(2,37)38)25-15-19-33(20-16-25)21-17-27(24-8-5-4-6-9-24)32-30(36)28-10-7-18-31-28/h4-6,8-9,11-14,25,27-28,31H,3,7,10,15-22H2,1-2H3,(H,32,36). The van der Waals surface area contributed by atoms with Crippen LogP contribution in [0, 0.1) is 0 Å². The summed E-state index contributed by atoms with van der Waals surface area (Å²) in [5, 5.41) is 6.58. The van der Waals surface area contributed by atoms with Crippen LogP contribution in [0.3, 0.4) is 0 Å². The first kappa shape index (κ1) is 29.2. The van der Waals surface area contributed by atoms with Crippen molar-refractivity contribution in [1.82, 2.24) is 20.4 Å². The van der Waals surface area contributed by atoms with Crippen LogP contribution in [-0.4, -0.2) is 81.1 Å². The zero-order valence-corrected chi connectivity index (χ0v) is 24.0. The van der Waals surface area contributed by atoms with Crippen molar-refractivity contribution in [2.45, 2.75) is 68.5 Å². The van der Waals surface area contributed by atoms with E-state index in [1.54, 1.807) is 24.3 Å². The summed E-state index contributed by atoms with van der Waals surface area (Å²) in [5.74, 6) is 0.165. The van der Waals surface area contributed by atoms with Crippen LogP contribution in [0.2, 0.25) is 0 Å². The van der Waals surface area contributed by atoms with Gasteiger partial charge in [0.05, 0.1) is 23.4 Å². The Morgan fingerprint density at radius 1 is 1.05 bits per heavy atom. The van der Waals surface area contributed by atoms with Crippen molar-refractivity contribution in [3.63, 3.8) is 0 Å². The summed E-state index contributed by atoms with van der Waals surface area (Å²) < 4.78 is 23.4. The van der Waals surface area contributed by atoms with E-state index in [1.807, 2.05) is 30.0 Å². The molecule has 4 rings (SSSR count).